The molecule has 2 aromatic rings. The zero-order chi connectivity index (χ0) is 24.9. The lowest BCUT2D eigenvalue weighted by molar-refractivity contribution is -0.116. The third-order valence-corrected chi connectivity index (χ3v) is 7.25. The number of carbonyl (C=O) groups excluding carboxylic acids is 3. The maximum absolute atomic E-state index is 12.6. The number of carbonyl (C=O) groups is 3. The summed E-state index contributed by atoms with van der Waals surface area (Å²) < 4.78 is 6.03. The van der Waals surface area contributed by atoms with E-state index in [2.05, 4.69) is 15.5 Å². The number of thiophene rings is 1. The predicted molar refractivity (Wildman–Crippen MR) is 140 cm³/mol. The highest BCUT2D eigenvalue weighted by atomic mass is 35.5. The van der Waals surface area contributed by atoms with Crippen LogP contribution in [0.25, 0.3) is 0 Å². The van der Waals surface area contributed by atoms with Gasteiger partial charge in [-0.1, -0.05) is 25.4 Å². The fourth-order valence-electron chi connectivity index (χ4n) is 4.34. The summed E-state index contributed by atoms with van der Waals surface area (Å²) in [6.45, 7) is 6.39. The third-order valence-electron chi connectivity index (χ3n) is 6.02. The van der Waals surface area contributed by atoms with Gasteiger partial charge in [-0.3, -0.25) is 14.5 Å². The smallest absolute Gasteiger partial charge is 0.414 e. The van der Waals surface area contributed by atoms with E-state index in [1.807, 2.05) is 32.0 Å². The number of nitrogens with zero attached hydrogens (tertiary/aromatic N) is 2. The molecule has 2 saturated heterocycles. The second-order valence-corrected chi connectivity index (χ2v) is 11.0. The van der Waals surface area contributed by atoms with E-state index in [0.29, 0.717) is 33.6 Å². The van der Waals surface area contributed by atoms with Crippen LogP contribution in [0, 0.1) is 5.92 Å². The number of cyclic esters (lactones) is 1. The number of rotatable bonds is 8. The second-order valence-electron chi connectivity index (χ2n) is 9.33. The lowest BCUT2D eigenvalue weighted by Gasteiger charge is -2.31. The van der Waals surface area contributed by atoms with E-state index in [0.717, 1.165) is 31.6 Å². The molecule has 10 heteroatoms. The minimum absolute atomic E-state index is 0.0475. The summed E-state index contributed by atoms with van der Waals surface area (Å²) in [5.74, 6) is -0.0579. The Morgan fingerprint density at radius 3 is 2.63 bits per heavy atom. The largest absolute Gasteiger partial charge is 0.442 e. The first-order valence-electron chi connectivity index (χ1n) is 12.0. The number of hydrogen-bond acceptors (Lipinski definition) is 6. The molecule has 0 bridgehead atoms. The maximum Gasteiger partial charge on any atom is 0.414 e. The molecular weight excluding hydrogens is 488 g/mol. The maximum atomic E-state index is 12.6. The molecule has 35 heavy (non-hydrogen) atoms. The second kappa shape index (κ2) is 11.3. The first kappa shape index (κ1) is 25.3. The van der Waals surface area contributed by atoms with Crippen molar-refractivity contribution < 1.29 is 19.1 Å². The van der Waals surface area contributed by atoms with Crippen molar-refractivity contribution in [3.63, 3.8) is 0 Å². The van der Waals surface area contributed by atoms with Crippen LogP contribution < -0.4 is 20.4 Å². The van der Waals surface area contributed by atoms with Crippen molar-refractivity contribution in [2.24, 2.45) is 5.92 Å². The molecule has 3 amide bonds. The van der Waals surface area contributed by atoms with Crippen LogP contribution >= 0.6 is 22.9 Å². The van der Waals surface area contributed by atoms with Gasteiger partial charge >= 0.3 is 6.09 Å². The van der Waals surface area contributed by atoms with Gasteiger partial charge in [0.15, 0.2) is 0 Å². The molecule has 1 atom stereocenters. The summed E-state index contributed by atoms with van der Waals surface area (Å²) in [5, 5.41) is 5.86. The number of halogens is 1. The highest BCUT2D eigenvalue weighted by Crippen LogP contribution is 2.34. The molecule has 3 heterocycles. The number of anilines is 3. The Bertz CT molecular complexity index is 1080. The summed E-state index contributed by atoms with van der Waals surface area (Å²) in [7, 11) is 0. The Kier molecular flexibility index (Phi) is 8.18. The van der Waals surface area contributed by atoms with Crippen molar-refractivity contribution in [3.05, 3.63) is 39.5 Å². The summed E-state index contributed by atoms with van der Waals surface area (Å²) >= 11 is 7.10. The summed E-state index contributed by atoms with van der Waals surface area (Å²) in [6.07, 6.45) is 2.90. The fourth-order valence-corrected chi connectivity index (χ4v) is 5.30. The molecule has 2 aliphatic rings. The topological polar surface area (TPSA) is 91.0 Å². The molecule has 188 valence electrons. The van der Waals surface area contributed by atoms with Crippen LogP contribution in [0.3, 0.4) is 0 Å². The van der Waals surface area contributed by atoms with Crippen molar-refractivity contribution >= 4 is 57.9 Å². The molecule has 0 spiro atoms. The van der Waals surface area contributed by atoms with Crippen molar-refractivity contribution in [2.45, 2.75) is 45.6 Å². The molecule has 1 unspecified atom stereocenters. The number of ether oxygens (including phenoxy) is 1. The van der Waals surface area contributed by atoms with E-state index in [1.165, 1.54) is 22.7 Å². The van der Waals surface area contributed by atoms with Gasteiger partial charge in [-0.25, -0.2) is 4.79 Å². The molecule has 0 saturated carbocycles. The van der Waals surface area contributed by atoms with E-state index in [4.69, 9.17) is 16.3 Å². The molecule has 2 aliphatic heterocycles. The van der Waals surface area contributed by atoms with Crippen LogP contribution in [-0.2, 0) is 9.53 Å². The Balaban J connectivity index is 1.46. The van der Waals surface area contributed by atoms with Gasteiger partial charge in [-0.05, 0) is 55.5 Å². The van der Waals surface area contributed by atoms with Gasteiger partial charge in [0.05, 0.1) is 33.7 Å². The molecule has 1 aromatic carbocycles. The SMILES string of the molecule is CC(C)CC(=O)Nc1cc(N2CC(CNC(=O)c3ccc(Cl)s3)OC2=O)ccc1N1CCCCC1. The standard InChI is InChI=1S/C25H31ClN4O4S/c1-16(2)12-23(31)28-19-13-17(6-7-20(19)29-10-4-3-5-11-29)30-15-18(34-25(30)33)14-27-24(32)21-8-9-22(26)35-21/h6-9,13,16,18H,3-5,10-12,14-15H2,1-2H3,(H,27,32)(H,28,31). The normalized spacial score (nSPS) is 18.1. The summed E-state index contributed by atoms with van der Waals surface area (Å²) in [5.41, 5.74) is 2.32. The van der Waals surface area contributed by atoms with Crippen LogP contribution in [0.1, 0.15) is 49.2 Å². The molecule has 0 radical (unpaired) electrons. The monoisotopic (exact) mass is 518 g/mol. The van der Waals surface area contributed by atoms with Crippen LogP contribution in [0.4, 0.5) is 21.9 Å². The van der Waals surface area contributed by atoms with Crippen molar-refractivity contribution in [1.82, 2.24) is 5.32 Å². The summed E-state index contributed by atoms with van der Waals surface area (Å²) in [6, 6.07) is 9.03. The van der Waals surface area contributed by atoms with Gasteiger partial charge in [-0.15, -0.1) is 11.3 Å². The van der Waals surface area contributed by atoms with Crippen LogP contribution in [0.2, 0.25) is 4.34 Å². The van der Waals surface area contributed by atoms with E-state index in [-0.39, 0.29) is 24.3 Å². The van der Waals surface area contributed by atoms with Crippen LogP contribution in [-0.4, -0.2) is 50.2 Å². The van der Waals surface area contributed by atoms with Crippen LogP contribution in [0.15, 0.2) is 30.3 Å². The van der Waals surface area contributed by atoms with E-state index in [9.17, 15) is 14.4 Å². The van der Waals surface area contributed by atoms with Gasteiger partial charge in [-0.2, -0.15) is 0 Å². The van der Waals surface area contributed by atoms with Gasteiger partial charge in [0.2, 0.25) is 5.91 Å². The van der Waals surface area contributed by atoms with Crippen molar-refractivity contribution in [1.29, 1.82) is 0 Å². The Labute approximate surface area is 214 Å². The molecule has 8 nitrogen and oxygen atoms in total. The first-order chi connectivity index (χ1) is 16.8. The third kappa shape index (κ3) is 6.46. The number of benzene rings is 1. The number of nitrogens with one attached hydrogen (secondary N) is 2. The quantitative estimate of drug-likeness (QED) is 0.505. The molecule has 2 N–H and O–H groups in total. The van der Waals surface area contributed by atoms with Gasteiger partial charge in [0.1, 0.15) is 6.10 Å². The number of hydrogen-bond donors (Lipinski definition) is 2. The molecule has 1 aromatic heterocycles. The molecular formula is C25H31ClN4O4S. The zero-order valence-corrected chi connectivity index (χ0v) is 21.6. The van der Waals surface area contributed by atoms with Gasteiger partial charge < -0.3 is 20.3 Å². The van der Waals surface area contributed by atoms with E-state index in [1.54, 1.807) is 12.1 Å². The Morgan fingerprint density at radius 2 is 1.94 bits per heavy atom. The molecule has 2 fully saturated rings. The van der Waals surface area contributed by atoms with E-state index >= 15 is 0 Å². The summed E-state index contributed by atoms with van der Waals surface area (Å²) in [4.78, 5) is 41.9. The Hall–Kier alpha value is -2.78. The highest BCUT2D eigenvalue weighted by molar-refractivity contribution is 7.18. The van der Waals surface area contributed by atoms with Crippen LogP contribution in [0.5, 0.6) is 0 Å². The minimum atomic E-state index is -0.484. The molecule has 4 rings (SSSR count). The van der Waals surface area contributed by atoms with Gasteiger partial charge in [0.25, 0.3) is 5.91 Å². The number of piperidine rings is 1. The first-order valence-corrected chi connectivity index (χ1v) is 13.2. The van der Waals surface area contributed by atoms with E-state index < -0.39 is 12.2 Å². The lowest BCUT2D eigenvalue weighted by atomic mass is 10.1. The van der Waals surface area contributed by atoms with Crippen molar-refractivity contribution in [3.8, 4) is 0 Å². The molecule has 0 aliphatic carbocycles. The minimum Gasteiger partial charge on any atom is -0.442 e. The number of amides is 3. The Morgan fingerprint density at radius 1 is 1.17 bits per heavy atom. The van der Waals surface area contributed by atoms with Crippen molar-refractivity contribution in [2.75, 3.05) is 41.3 Å². The fraction of sp³-hybridized carbons (Fsp3) is 0.480. The predicted octanol–water partition coefficient (Wildman–Crippen LogP) is 5.13. The average molecular weight is 519 g/mol. The zero-order valence-electron chi connectivity index (χ0n) is 20.0. The average Bonchev–Trinajstić information content (AvgIpc) is 3.43. The van der Waals surface area contributed by atoms with Gasteiger partial charge in [0, 0.05) is 25.2 Å². The lowest BCUT2D eigenvalue weighted by Crippen LogP contribution is -2.34. The highest BCUT2D eigenvalue weighted by Gasteiger charge is 2.33.